The lowest BCUT2D eigenvalue weighted by Crippen LogP contribution is -2.32. The molecule has 1 aromatic carbocycles. The van der Waals surface area contributed by atoms with Gasteiger partial charge >= 0.3 is 0 Å². The van der Waals surface area contributed by atoms with E-state index in [1.165, 1.54) is 0 Å². The van der Waals surface area contributed by atoms with Gasteiger partial charge in [0.25, 0.3) is 0 Å². The first-order valence-electron chi connectivity index (χ1n) is 6.75. The van der Waals surface area contributed by atoms with Crippen LogP contribution in [-0.2, 0) is 10.8 Å². The molecule has 6 heteroatoms. The Kier molecular flexibility index (Phi) is 4.29. The number of hydrogen-bond donors (Lipinski definition) is 1. The van der Waals surface area contributed by atoms with Gasteiger partial charge in [-0.3, -0.25) is 4.21 Å². The molecule has 0 amide bonds. The molecule has 1 N–H and O–H groups in total. The summed E-state index contributed by atoms with van der Waals surface area (Å²) in [6.07, 6.45) is 2.25. The van der Waals surface area contributed by atoms with E-state index in [0.717, 1.165) is 37.0 Å². The SMILES string of the molecule is O=[S@@](C[C@@H]1CCCNC1)c1nc2ccccc2nc1Cl. The monoisotopic (exact) mass is 309 g/mol. The van der Waals surface area contributed by atoms with E-state index in [-0.39, 0.29) is 5.15 Å². The molecule has 20 heavy (non-hydrogen) atoms. The summed E-state index contributed by atoms with van der Waals surface area (Å²) < 4.78 is 12.5. The minimum Gasteiger partial charge on any atom is -0.316 e. The van der Waals surface area contributed by atoms with Gasteiger partial charge in [0.05, 0.1) is 21.8 Å². The highest BCUT2D eigenvalue weighted by atomic mass is 35.5. The Balaban J connectivity index is 1.84. The van der Waals surface area contributed by atoms with Crippen LogP contribution in [0.4, 0.5) is 0 Å². The van der Waals surface area contributed by atoms with E-state index in [1.807, 2.05) is 24.3 Å². The maximum absolute atomic E-state index is 12.5. The van der Waals surface area contributed by atoms with Gasteiger partial charge in [0.1, 0.15) is 0 Å². The Hall–Kier alpha value is -1.04. The Labute approximate surface area is 125 Å². The Morgan fingerprint density at radius 1 is 1.30 bits per heavy atom. The molecule has 0 saturated carbocycles. The number of hydrogen-bond acceptors (Lipinski definition) is 4. The van der Waals surface area contributed by atoms with Gasteiger partial charge in [-0.25, -0.2) is 9.97 Å². The van der Waals surface area contributed by atoms with Crippen LogP contribution in [0.5, 0.6) is 0 Å². The zero-order chi connectivity index (χ0) is 13.9. The predicted molar refractivity (Wildman–Crippen MR) is 81.4 cm³/mol. The molecule has 0 bridgehead atoms. The number of benzene rings is 1. The molecule has 0 radical (unpaired) electrons. The molecule has 1 aromatic heterocycles. The number of piperidine rings is 1. The smallest absolute Gasteiger partial charge is 0.165 e. The molecular formula is C14H16ClN3OS. The van der Waals surface area contributed by atoms with Crippen LogP contribution in [0.1, 0.15) is 12.8 Å². The van der Waals surface area contributed by atoms with Crippen molar-refractivity contribution >= 4 is 33.4 Å². The maximum Gasteiger partial charge on any atom is 0.165 e. The van der Waals surface area contributed by atoms with E-state index in [9.17, 15) is 4.21 Å². The lowest BCUT2D eigenvalue weighted by molar-refractivity contribution is 0.408. The number of para-hydroxylation sites is 2. The van der Waals surface area contributed by atoms with Crippen molar-refractivity contribution < 1.29 is 4.21 Å². The van der Waals surface area contributed by atoms with Crippen LogP contribution < -0.4 is 5.32 Å². The van der Waals surface area contributed by atoms with Crippen LogP contribution in [0.2, 0.25) is 5.15 Å². The van der Waals surface area contributed by atoms with Crippen molar-refractivity contribution in [1.29, 1.82) is 0 Å². The minimum atomic E-state index is -1.19. The normalized spacial score (nSPS) is 20.9. The first-order chi connectivity index (χ1) is 9.74. The van der Waals surface area contributed by atoms with Crippen molar-refractivity contribution in [2.45, 2.75) is 17.9 Å². The average molecular weight is 310 g/mol. The molecule has 1 fully saturated rings. The van der Waals surface area contributed by atoms with Crippen LogP contribution in [0.3, 0.4) is 0 Å². The second-order valence-corrected chi connectivity index (χ2v) is 6.80. The average Bonchev–Trinajstić information content (AvgIpc) is 2.47. The van der Waals surface area contributed by atoms with Gasteiger partial charge in [-0.05, 0) is 44.0 Å². The minimum absolute atomic E-state index is 0.255. The van der Waals surface area contributed by atoms with Gasteiger partial charge in [0, 0.05) is 5.75 Å². The quantitative estimate of drug-likeness (QED) is 0.946. The third-order valence-corrected chi connectivity index (χ3v) is 5.37. The molecule has 1 aliphatic rings. The van der Waals surface area contributed by atoms with Crippen LogP contribution >= 0.6 is 11.6 Å². The Morgan fingerprint density at radius 3 is 2.75 bits per heavy atom. The molecule has 3 rings (SSSR count). The van der Waals surface area contributed by atoms with Gasteiger partial charge in [-0.1, -0.05) is 23.7 Å². The largest absolute Gasteiger partial charge is 0.316 e. The third kappa shape index (κ3) is 3.00. The van der Waals surface area contributed by atoms with E-state index < -0.39 is 10.8 Å². The molecule has 0 spiro atoms. The number of halogens is 1. The molecule has 1 aliphatic heterocycles. The lowest BCUT2D eigenvalue weighted by Gasteiger charge is -2.22. The van der Waals surface area contributed by atoms with Crippen molar-refractivity contribution in [3.05, 3.63) is 29.4 Å². The predicted octanol–water partition coefficient (Wildman–Crippen LogP) is 2.39. The second kappa shape index (κ2) is 6.16. The highest BCUT2D eigenvalue weighted by molar-refractivity contribution is 7.85. The zero-order valence-corrected chi connectivity index (χ0v) is 12.6. The van der Waals surface area contributed by atoms with E-state index in [0.29, 0.717) is 16.7 Å². The first-order valence-corrected chi connectivity index (χ1v) is 8.45. The lowest BCUT2D eigenvalue weighted by atomic mass is 10.0. The standard InChI is InChI=1S/C14H16ClN3OS/c15-13-14(18-12-6-2-1-5-11(12)17-13)20(19)9-10-4-3-7-16-8-10/h1-2,5-6,10,16H,3-4,7-9H2/t10-,20+/m1/s1. The molecule has 0 unspecified atom stereocenters. The molecule has 1 saturated heterocycles. The van der Waals surface area contributed by atoms with E-state index in [2.05, 4.69) is 15.3 Å². The summed E-state index contributed by atoms with van der Waals surface area (Å²) in [5.74, 6) is 1.02. The molecular weight excluding hydrogens is 294 g/mol. The second-order valence-electron chi connectivity index (χ2n) is 5.03. The van der Waals surface area contributed by atoms with Gasteiger partial charge in [-0.15, -0.1) is 0 Å². The van der Waals surface area contributed by atoms with Crippen molar-refractivity contribution in [2.75, 3.05) is 18.8 Å². The fourth-order valence-electron chi connectivity index (χ4n) is 2.47. The number of fused-ring (bicyclic) bond motifs is 1. The Bertz CT molecular complexity index is 643. The summed E-state index contributed by atoms with van der Waals surface area (Å²) in [5, 5.41) is 4.00. The van der Waals surface area contributed by atoms with E-state index in [4.69, 9.17) is 11.6 Å². The Morgan fingerprint density at radius 2 is 2.05 bits per heavy atom. The molecule has 2 heterocycles. The van der Waals surface area contributed by atoms with Crippen molar-refractivity contribution in [2.24, 2.45) is 5.92 Å². The molecule has 2 atom stereocenters. The molecule has 4 nitrogen and oxygen atoms in total. The molecule has 0 aliphatic carbocycles. The fourth-order valence-corrected chi connectivity index (χ4v) is 4.16. The van der Waals surface area contributed by atoms with Crippen LogP contribution in [0, 0.1) is 5.92 Å². The first kappa shape index (κ1) is 13.9. The van der Waals surface area contributed by atoms with Gasteiger partial charge in [0.2, 0.25) is 0 Å². The van der Waals surface area contributed by atoms with Gasteiger partial charge in [-0.2, -0.15) is 0 Å². The van der Waals surface area contributed by atoms with Gasteiger partial charge in [0.15, 0.2) is 10.2 Å². The number of nitrogens with zero attached hydrogens (tertiary/aromatic N) is 2. The maximum atomic E-state index is 12.5. The highest BCUT2D eigenvalue weighted by Gasteiger charge is 2.20. The summed E-state index contributed by atoms with van der Waals surface area (Å²) in [5.41, 5.74) is 1.47. The molecule has 2 aromatic rings. The van der Waals surface area contributed by atoms with Crippen molar-refractivity contribution in [1.82, 2.24) is 15.3 Å². The third-order valence-electron chi connectivity index (χ3n) is 3.50. The summed E-state index contributed by atoms with van der Waals surface area (Å²) in [7, 11) is -1.19. The number of rotatable bonds is 3. The highest BCUT2D eigenvalue weighted by Crippen LogP contribution is 2.22. The summed E-state index contributed by atoms with van der Waals surface area (Å²) in [6.45, 7) is 1.98. The summed E-state index contributed by atoms with van der Waals surface area (Å²) in [6, 6.07) is 7.49. The number of nitrogens with one attached hydrogen (secondary N) is 1. The van der Waals surface area contributed by atoms with Crippen LogP contribution in [0.15, 0.2) is 29.3 Å². The van der Waals surface area contributed by atoms with Crippen molar-refractivity contribution in [3.8, 4) is 0 Å². The van der Waals surface area contributed by atoms with Crippen molar-refractivity contribution in [3.63, 3.8) is 0 Å². The zero-order valence-electron chi connectivity index (χ0n) is 11.0. The van der Waals surface area contributed by atoms with E-state index >= 15 is 0 Å². The van der Waals surface area contributed by atoms with E-state index in [1.54, 1.807) is 0 Å². The van der Waals surface area contributed by atoms with Crippen LogP contribution in [-0.4, -0.2) is 33.0 Å². The number of aromatic nitrogens is 2. The summed E-state index contributed by atoms with van der Waals surface area (Å²) in [4.78, 5) is 8.71. The topological polar surface area (TPSA) is 54.9 Å². The summed E-state index contributed by atoms with van der Waals surface area (Å²) >= 11 is 6.13. The van der Waals surface area contributed by atoms with Gasteiger partial charge < -0.3 is 5.32 Å². The fraction of sp³-hybridized carbons (Fsp3) is 0.429. The van der Waals surface area contributed by atoms with Crippen LogP contribution in [0.25, 0.3) is 11.0 Å². The molecule has 106 valence electrons.